The van der Waals surface area contributed by atoms with E-state index in [-0.39, 0.29) is 6.10 Å². The lowest BCUT2D eigenvalue weighted by Gasteiger charge is -2.24. The third-order valence-electron chi connectivity index (χ3n) is 2.62. The molecule has 3 nitrogen and oxygen atoms in total. The van der Waals surface area contributed by atoms with Crippen LogP contribution in [0.5, 0.6) is 0 Å². The van der Waals surface area contributed by atoms with Crippen molar-refractivity contribution >= 4 is 0 Å². The van der Waals surface area contributed by atoms with Crippen molar-refractivity contribution < 1.29 is 5.11 Å². The average Bonchev–Trinajstić information content (AvgIpc) is 2.29. The Morgan fingerprint density at radius 3 is 2.85 bits per heavy atom. The largest absolute Gasteiger partial charge is 0.390 e. The maximum Gasteiger partial charge on any atom is 0.0819 e. The van der Waals surface area contributed by atoms with Crippen molar-refractivity contribution in [2.75, 3.05) is 27.2 Å². The van der Waals surface area contributed by atoms with E-state index in [9.17, 15) is 5.11 Å². The van der Waals surface area contributed by atoms with E-state index in [1.54, 1.807) is 0 Å². The smallest absolute Gasteiger partial charge is 0.0819 e. The standard InChI is InChI=1S/C10H22N2O/c1-12(2)8-10(13)9-6-4-3-5-7-11-9/h9-11,13H,3-8H2,1-2H3. The number of aliphatic hydroxyl groups is 1. The predicted molar refractivity (Wildman–Crippen MR) is 54.8 cm³/mol. The van der Waals surface area contributed by atoms with Crippen molar-refractivity contribution in [1.82, 2.24) is 10.2 Å². The van der Waals surface area contributed by atoms with E-state index in [4.69, 9.17) is 0 Å². The first-order valence-corrected chi connectivity index (χ1v) is 5.26. The molecule has 0 spiro atoms. The molecular weight excluding hydrogens is 164 g/mol. The monoisotopic (exact) mass is 186 g/mol. The molecule has 3 heteroatoms. The molecule has 1 heterocycles. The zero-order valence-corrected chi connectivity index (χ0v) is 8.79. The third-order valence-corrected chi connectivity index (χ3v) is 2.62. The average molecular weight is 186 g/mol. The minimum absolute atomic E-state index is 0.215. The minimum Gasteiger partial charge on any atom is -0.390 e. The second kappa shape index (κ2) is 5.58. The van der Waals surface area contributed by atoms with Gasteiger partial charge in [0.15, 0.2) is 0 Å². The van der Waals surface area contributed by atoms with Gasteiger partial charge in [-0.05, 0) is 33.5 Å². The van der Waals surface area contributed by atoms with Gasteiger partial charge in [-0.3, -0.25) is 0 Å². The number of likely N-dealkylation sites (N-methyl/N-ethyl adjacent to an activating group) is 1. The van der Waals surface area contributed by atoms with Crippen molar-refractivity contribution in [3.05, 3.63) is 0 Å². The predicted octanol–water partition coefficient (Wildman–Crippen LogP) is 0.441. The summed E-state index contributed by atoms with van der Waals surface area (Å²) >= 11 is 0. The Labute approximate surface area is 81.1 Å². The molecule has 0 aromatic carbocycles. The maximum atomic E-state index is 9.87. The fourth-order valence-corrected chi connectivity index (χ4v) is 1.89. The molecule has 0 amide bonds. The van der Waals surface area contributed by atoms with Crippen molar-refractivity contribution in [2.24, 2.45) is 0 Å². The topological polar surface area (TPSA) is 35.5 Å². The van der Waals surface area contributed by atoms with E-state index in [1.807, 2.05) is 19.0 Å². The zero-order chi connectivity index (χ0) is 9.68. The van der Waals surface area contributed by atoms with E-state index in [0.717, 1.165) is 19.5 Å². The Bertz CT molecular complexity index is 131. The van der Waals surface area contributed by atoms with Crippen LogP contribution in [0.15, 0.2) is 0 Å². The lowest BCUT2D eigenvalue weighted by Crippen LogP contribution is -2.44. The number of nitrogens with zero attached hydrogens (tertiary/aromatic N) is 1. The highest BCUT2D eigenvalue weighted by Crippen LogP contribution is 2.11. The molecular formula is C10H22N2O. The molecule has 1 saturated heterocycles. The molecule has 2 unspecified atom stereocenters. The molecule has 0 aromatic heterocycles. The molecule has 13 heavy (non-hydrogen) atoms. The molecule has 0 radical (unpaired) electrons. The van der Waals surface area contributed by atoms with Crippen LogP contribution < -0.4 is 5.32 Å². The summed E-state index contributed by atoms with van der Waals surface area (Å²) in [5.74, 6) is 0. The summed E-state index contributed by atoms with van der Waals surface area (Å²) in [7, 11) is 4.00. The Morgan fingerprint density at radius 1 is 1.38 bits per heavy atom. The van der Waals surface area contributed by atoms with Gasteiger partial charge in [-0.15, -0.1) is 0 Å². The van der Waals surface area contributed by atoms with Crippen LogP contribution in [0.4, 0.5) is 0 Å². The van der Waals surface area contributed by atoms with Crippen molar-refractivity contribution in [1.29, 1.82) is 0 Å². The summed E-state index contributed by atoms with van der Waals surface area (Å²) in [5.41, 5.74) is 0. The van der Waals surface area contributed by atoms with Crippen LogP contribution in [-0.2, 0) is 0 Å². The normalized spacial score (nSPS) is 27.2. The highest BCUT2D eigenvalue weighted by atomic mass is 16.3. The lowest BCUT2D eigenvalue weighted by molar-refractivity contribution is 0.0954. The molecule has 1 fully saturated rings. The Hall–Kier alpha value is -0.120. The van der Waals surface area contributed by atoms with Crippen LogP contribution >= 0.6 is 0 Å². The summed E-state index contributed by atoms with van der Waals surface area (Å²) < 4.78 is 0. The van der Waals surface area contributed by atoms with Crippen LogP contribution in [0.3, 0.4) is 0 Å². The first kappa shape index (κ1) is 11.0. The van der Waals surface area contributed by atoms with Gasteiger partial charge in [0.1, 0.15) is 0 Å². The van der Waals surface area contributed by atoms with Gasteiger partial charge < -0.3 is 15.3 Å². The van der Waals surface area contributed by atoms with E-state index in [2.05, 4.69) is 5.32 Å². The first-order valence-electron chi connectivity index (χ1n) is 5.26. The van der Waals surface area contributed by atoms with E-state index < -0.39 is 0 Å². The minimum atomic E-state index is -0.215. The maximum absolute atomic E-state index is 9.87. The molecule has 2 atom stereocenters. The Balaban J connectivity index is 2.30. The number of nitrogens with one attached hydrogen (secondary N) is 1. The molecule has 2 N–H and O–H groups in total. The van der Waals surface area contributed by atoms with Gasteiger partial charge >= 0.3 is 0 Å². The lowest BCUT2D eigenvalue weighted by atomic mass is 10.1. The van der Waals surface area contributed by atoms with E-state index in [1.165, 1.54) is 19.3 Å². The van der Waals surface area contributed by atoms with Gasteiger partial charge in [0.05, 0.1) is 6.10 Å². The van der Waals surface area contributed by atoms with Gasteiger partial charge in [0.25, 0.3) is 0 Å². The molecule has 0 aliphatic carbocycles. The van der Waals surface area contributed by atoms with Gasteiger partial charge in [-0.1, -0.05) is 12.8 Å². The highest BCUT2D eigenvalue weighted by molar-refractivity contribution is 4.79. The molecule has 1 aliphatic heterocycles. The van der Waals surface area contributed by atoms with Crippen molar-refractivity contribution in [3.8, 4) is 0 Å². The molecule has 1 rings (SSSR count). The van der Waals surface area contributed by atoms with Crippen LogP contribution in [-0.4, -0.2) is 49.3 Å². The molecule has 0 saturated carbocycles. The summed E-state index contributed by atoms with van der Waals surface area (Å²) in [4.78, 5) is 2.04. The summed E-state index contributed by atoms with van der Waals surface area (Å²) in [5, 5.41) is 13.3. The van der Waals surface area contributed by atoms with Gasteiger partial charge in [0, 0.05) is 12.6 Å². The summed E-state index contributed by atoms with van der Waals surface area (Å²) in [6.45, 7) is 1.83. The highest BCUT2D eigenvalue weighted by Gasteiger charge is 2.20. The summed E-state index contributed by atoms with van der Waals surface area (Å²) in [6, 6.07) is 0.310. The van der Waals surface area contributed by atoms with Gasteiger partial charge in [-0.25, -0.2) is 0 Å². The quantitative estimate of drug-likeness (QED) is 0.671. The molecule has 0 bridgehead atoms. The van der Waals surface area contributed by atoms with Crippen LogP contribution in [0.25, 0.3) is 0 Å². The van der Waals surface area contributed by atoms with E-state index >= 15 is 0 Å². The van der Waals surface area contributed by atoms with Crippen molar-refractivity contribution in [2.45, 2.75) is 37.8 Å². The van der Waals surface area contributed by atoms with Crippen LogP contribution in [0.2, 0.25) is 0 Å². The first-order chi connectivity index (χ1) is 6.20. The summed E-state index contributed by atoms with van der Waals surface area (Å²) in [6.07, 6.45) is 4.72. The molecule has 0 aromatic rings. The Kier molecular flexibility index (Phi) is 4.70. The van der Waals surface area contributed by atoms with Gasteiger partial charge in [0.2, 0.25) is 0 Å². The third kappa shape index (κ3) is 4.07. The Morgan fingerprint density at radius 2 is 2.15 bits per heavy atom. The SMILES string of the molecule is CN(C)CC(O)C1CCCCCN1. The fraction of sp³-hybridized carbons (Fsp3) is 1.00. The number of aliphatic hydroxyl groups excluding tert-OH is 1. The molecule has 1 aliphatic rings. The van der Waals surface area contributed by atoms with Crippen LogP contribution in [0, 0.1) is 0 Å². The zero-order valence-electron chi connectivity index (χ0n) is 8.79. The second-order valence-corrected chi connectivity index (χ2v) is 4.24. The van der Waals surface area contributed by atoms with Crippen molar-refractivity contribution in [3.63, 3.8) is 0 Å². The second-order valence-electron chi connectivity index (χ2n) is 4.24. The fourth-order valence-electron chi connectivity index (χ4n) is 1.89. The molecule has 78 valence electrons. The van der Waals surface area contributed by atoms with Crippen LogP contribution in [0.1, 0.15) is 25.7 Å². The number of hydrogen-bond donors (Lipinski definition) is 2. The van der Waals surface area contributed by atoms with E-state index in [0.29, 0.717) is 6.04 Å². The number of rotatable bonds is 3. The number of hydrogen-bond acceptors (Lipinski definition) is 3. The van der Waals surface area contributed by atoms with Gasteiger partial charge in [-0.2, -0.15) is 0 Å².